The quantitative estimate of drug-likeness (QED) is 0.868. The number of benzene rings is 1. The smallest absolute Gasteiger partial charge is 0.287 e. The Morgan fingerprint density at radius 2 is 1.80 bits per heavy atom. The summed E-state index contributed by atoms with van der Waals surface area (Å²) < 4.78 is 5.79. The van der Waals surface area contributed by atoms with Crippen molar-refractivity contribution < 1.29 is 9.21 Å². The molecule has 2 bridgehead atoms. The van der Waals surface area contributed by atoms with Crippen LogP contribution in [0.15, 0.2) is 40.8 Å². The average molecular weight is 361 g/mol. The van der Waals surface area contributed by atoms with E-state index in [1.807, 2.05) is 18.2 Å². The van der Waals surface area contributed by atoms with Gasteiger partial charge in [0.2, 0.25) is 0 Å². The van der Waals surface area contributed by atoms with Crippen molar-refractivity contribution in [3.05, 3.63) is 47.7 Å². The minimum Gasteiger partial charge on any atom is -0.451 e. The molecule has 1 aromatic heterocycles. The molecule has 2 fully saturated rings. The van der Waals surface area contributed by atoms with Crippen LogP contribution in [0.3, 0.4) is 0 Å². The maximum atomic E-state index is 12.5. The molecule has 0 radical (unpaired) electrons. The van der Waals surface area contributed by atoms with Gasteiger partial charge in [0.15, 0.2) is 5.76 Å². The SMILES string of the molecule is CCc1ccc(-c2ccc(C(=O)NC3CC4CCC(C3)N4)o2)cc1.Cl. The molecule has 5 heteroatoms. The molecular weight excluding hydrogens is 336 g/mol. The zero-order valence-corrected chi connectivity index (χ0v) is 15.3. The Balaban J connectivity index is 0.00000182. The summed E-state index contributed by atoms with van der Waals surface area (Å²) in [4.78, 5) is 12.5. The molecule has 4 rings (SSSR count). The van der Waals surface area contributed by atoms with Gasteiger partial charge in [-0.3, -0.25) is 4.79 Å². The summed E-state index contributed by atoms with van der Waals surface area (Å²) in [5.74, 6) is 1.04. The van der Waals surface area contributed by atoms with Gasteiger partial charge in [-0.15, -0.1) is 12.4 Å². The molecule has 0 saturated carbocycles. The van der Waals surface area contributed by atoms with Crippen molar-refractivity contribution in [3.63, 3.8) is 0 Å². The Hall–Kier alpha value is -1.78. The van der Waals surface area contributed by atoms with Crippen molar-refractivity contribution >= 4 is 18.3 Å². The van der Waals surface area contributed by atoms with E-state index < -0.39 is 0 Å². The summed E-state index contributed by atoms with van der Waals surface area (Å²) >= 11 is 0. The van der Waals surface area contributed by atoms with E-state index >= 15 is 0 Å². The number of furan rings is 1. The van der Waals surface area contributed by atoms with Crippen LogP contribution in [0.25, 0.3) is 11.3 Å². The Morgan fingerprint density at radius 1 is 1.12 bits per heavy atom. The van der Waals surface area contributed by atoms with Crippen molar-refractivity contribution in [2.24, 2.45) is 0 Å². The first-order valence-corrected chi connectivity index (χ1v) is 8.97. The highest BCUT2D eigenvalue weighted by Crippen LogP contribution is 2.27. The van der Waals surface area contributed by atoms with E-state index in [2.05, 4.69) is 29.7 Å². The number of halogens is 1. The Kier molecular flexibility index (Phi) is 5.50. The predicted octanol–water partition coefficient (Wildman–Crippen LogP) is 3.94. The van der Waals surface area contributed by atoms with Crippen LogP contribution < -0.4 is 10.6 Å². The molecule has 2 aliphatic heterocycles. The number of hydrogen-bond donors (Lipinski definition) is 2. The second-order valence-corrected chi connectivity index (χ2v) is 6.99. The van der Waals surface area contributed by atoms with Crippen LogP contribution in [0, 0.1) is 0 Å². The summed E-state index contributed by atoms with van der Waals surface area (Å²) in [6.45, 7) is 2.14. The third-order valence-electron chi connectivity index (χ3n) is 5.28. The zero-order valence-electron chi connectivity index (χ0n) is 14.5. The maximum Gasteiger partial charge on any atom is 0.287 e. The summed E-state index contributed by atoms with van der Waals surface area (Å²) in [6, 6.07) is 13.3. The molecule has 2 atom stereocenters. The van der Waals surface area contributed by atoms with Crippen LogP contribution in [-0.4, -0.2) is 24.0 Å². The predicted molar refractivity (Wildman–Crippen MR) is 101 cm³/mol. The van der Waals surface area contributed by atoms with Crippen molar-refractivity contribution in [1.29, 1.82) is 0 Å². The van der Waals surface area contributed by atoms with E-state index in [0.717, 1.165) is 30.6 Å². The van der Waals surface area contributed by atoms with Gasteiger partial charge in [-0.25, -0.2) is 0 Å². The molecule has 2 unspecified atom stereocenters. The lowest BCUT2D eigenvalue weighted by Gasteiger charge is -2.29. The average Bonchev–Trinajstić information content (AvgIpc) is 3.22. The number of nitrogens with one attached hydrogen (secondary N) is 2. The van der Waals surface area contributed by atoms with E-state index in [1.165, 1.54) is 18.4 Å². The van der Waals surface area contributed by atoms with Crippen molar-refractivity contribution in [3.8, 4) is 11.3 Å². The van der Waals surface area contributed by atoms with E-state index in [1.54, 1.807) is 6.07 Å². The number of fused-ring (bicyclic) bond motifs is 2. The molecule has 2 aliphatic rings. The minimum absolute atomic E-state index is 0. The van der Waals surface area contributed by atoms with Crippen molar-refractivity contribution in [2.75, 3.05) is 0 Å². The second-order valence-electron chi connectivity index (χ2n) is 6.99. The fourth-order valence-corrected chi connectivity index (χ4v) is 3.95. The molecular formula is C20H25ClN2O2. The van der Waals surface area contributed by atoms with Crippen LogP contribution in [0.4, 0.5) is 0 Å². The van der Waals surface area contributed by atoms with Gasteiger partial charge in [0.1, 0.15) is 5.76 Å². The molecule has 2 aromatic rings. The number of hydrogen-bond acceptors (Lipinski definition) is 3. The van der Waals surface area contributed by atoms with E-state index in [-0.39, 0.29) is 24.4 Å². The van der Waals surface area contributed by atoms with E-state index in [9.17, 15) is 4.79 Å². The van der Waals surface area contributed by atoms with E-state index in [4.69, 9.17) is 4.42 Å². The fourth-order valence-electron chi connectivity index (χ4n) is 3.95. The Morgan fingerprint density at radius 3 is 2.44 bits per heavy atom. The van der Waals surface area contributed by atoms with Gasteiger partial charge in [0, 0.05) is 23.7 Å². The molecule has 2 saturated heterocycles. The van der Waals surface area contributed by atoms with Crippen LogP contribution in [0.2, 0.25) is 0 Å². The fraction of sp³-hybridized carbons (Fsp3) is 0.450. The lowest BCUT2D eigenvalue weighted by atomic mass is 10.00. The lowest BCUT2D eigenvalue weighted by Crippen LogP contribution is -2.47. The number of carbonyl (C=O) groups excluding carboxylic acids is 1. The third-order valence-corrected chi connectivity index (χ3v) is 5.28. The highest BCUT2D eigenvalue weighted by Gasteiger charge is 2.34. The number of piperidine rings is 1. The Bertz CT molecular complexity index is 714. The monoisotopic (exact) mass is 360 g/mol. The molecule has 0 spiro atoms. The topological polar surface area (TPSA) is 54.3 Å². The number of aryl methyl sites for hydroxylation is 1. The molecule has 134 valence electrons. The summed E-state index contributed by atoms with van der Waals surface area (Å²) in [5.41, 5.74) is 2.30. The van der Waals surface area contributed by atoms with Gasteiger partial charge in [0.25, 0.3) is 5.91 Å². The second kappa shape index (κ2) is 7.63. The van der Waals surface area contributed by atoms with Gasteiger partial charge in [0.05, 0.1) is 0 Å². The molecule has 2 N–H and O–H groups in total. The Labute approximate surface area is 154 Å². The first-order chi connectivity index (χ1) is 11.7. The zero-order chi connectivity index (χ0) is 16.5. The van der Waals surface area contributed by atoms with Crippen LogP contribution in [0.5, 0.6) is 0 Å². The third kappa shape index (κ3) is 3.91. The first-order valence-electron chi connectivity index (χ1n) is 8.97. The first kappa shape index (κ1) is 18.0. The normalized spacial score (nSPS) is 24.6. The molecule has 4 nitrogen and oxygen atoms in total. The van der Waals surface area contributed by atoms with Gasteiger partial charge in [-0.1, -0.05) is 31.2 Å². The van der Waals surface area contributed by atoms with Gasteiger partial charge in [-0.05, 0) is 49.8 Å². The summed E-state index contributed by atoms with van der Waals surface area (Å²) in [5, 5.41) is 6.74. The molecule has 1 amide bonds. The standard InChI is InChI=1S/C20H24N2O2.ClH/c1-2-13-3-5-14(6-4-13)18-9-10-19(24-18)20(23)22-17-11-15-7-8-16(12-17)21-15;/h3-6,9-10,15-17,21H,2,7-8,11-12H2,1H3,(H,22,23);1H. The van der Waals surface area contributed by atoms with Gasteiger partial charge < -0.3 is 15.1 Å². The highest BCUT2D eigenvalue weighted by atomic mass is 35.5. The highest BCUT2D eigenvalue weighted by molar-refractivity contribution is 5.92. The lowest BCUT2D eigenvalue weighted by molar-refractivity contribution is 0.0896. The maximum absolute atomic E-state index is 12.5. The minimum atomic E-state index is -0.0993. The van der Waals surface area contributed by atoms with Crippen LogP contribution in [-0.2, 0) is 6.42 Å². The van der Waals surface area contributed by atoms with Crippen LogP contribution >= 0.6 is 12.4 Å². The number of carbonyl (C=O) groups is 1. The molecule has 3 heterocycles. The van der Waals surface area contributed by atoms with Crippen LogP contribution in [0.1, 0.15) is 48.7 Å². The number of amides is 1. The number of rotatable bonds is 4. The molecule has 25 heavy (non-hydrogen) atoms. The molecule has 0 aliphatic carbocycles. The largest absolute Gasteiger partial charge is 0.451 e. The summed E-state index contributed by atoms with van der Waals surface area (Å²) in [7, 11) is 0. The summed E-state index contributed by atoms with van der Waals surface area (Å²) in [6.07, 6.45) is 5.53. The van der Waals surface area contributed by atoms with Crippen molar-refractivity contribution in [1.82, 2.24) is 10.6 Å². The van der Waals surface area contributed by atoms with E-state index in [0.29, 0.717) is 17.8 Å². The molecule has 1 aromatic carbocycles. The van der Waals surface area contributed by atoms with Gasteiger partial charge >= 0.3 is 0 Å². The van der Waals surface area contributed by atoms with Gasteiger partial charge in [-0.2, -0.15) is 0 Å². The van der Waals surface area contributed by atoms with Crippen molar-refractivity contribution in [2.45, 2.75) is 57.2 Å².